The van der Waals surface area contributed by atoms with E-state index >= 15 is 0 Å². The minimum absolute atomic E-state index is 0.238. The fourth-order valence-corrected chi connectivity index (χ4v) is 1.79. The van der Waals surface area contributed by atoms with Crippen molar-refractivity contribution >= 4 is 0 Å². The summed E-state index contributed by atoms with van der Waals surface area (Å²) in [6.07, 6.45) is 0.574. The molecule has 2 unspecified atom stereocenters. The predicted octanol–water partition coefficient (Wildman–Crippen LogP) is 1.89. The highest BCUT2D eigenvalue weighted by Gasteiger charge is 2.05. The van der Waals surface area contributed by atoms with E-state index in [0.29, 0.717) is 11.7 Å². The average Bonchev–Trinajstić information content (AvgIpc) is 2.16. The summed E-state index contributed by atoms with van der Waals surface area (Å²) in [6, 6.07) is 7.24. The number of hydrogen-bond donors (Lipinski definition) is 3. The van der Waals surface area contributed by atoms with Gasteiger partial charge in [0.2, 0.25) is 0 Å². The van der Waals surface area contributed by atoms with Crippen LogP contribution in [0.25, 0.3) is 0 Å². The van der Waals surface area contributed by atoms with Gasteiger partial charge in [0, 0.05) is 6.54 Å². The Bertz CT molecular complexity index is 313. The Morgan fingerprint density at radius 1 is 1.31 bits per heavy atom. The van der Waals surface area contributed by atoms with Gasteiger partial charge in [0.05, 0.1) is 6.10 Å². The van der Waals surface area contributed by atoms with Crippen molar-refractivity contribution in [3.05, 3.63) is 29.8 Å². The van der Waals surface area contributed by atoms with E-state index in [-0.39, 0.29) is 6.10 Å². The molecule has 16 heavy (non-hydrogen) atoms. The van der Waals surface area contributed by atoms with Gasteiger partial charge in [-0.2, -0.15) is 0 Å². The summed E-state index contributed by atoms with van der Waals surface area (Å²) in [5, 5.41) is 21.8. The number of aliphatic hydroxyl groups is 1. The van der Waals surface area contributed by atoms with E-state index in [1.165, 1.54) is 0 Å². The molecule has 1 rings (SSSR count). The van der Waals surface area contributed by atoms with Crippen molar-refractivity contribution in [2.24, 2.45) is 5.92 Å². The molecule has 0 radical (unpaired) electrons. The summed E-state index contributed by atoms with van der Waals surface area (Å²) in [6.45, 7) is 5.55. The summed E-state index contributed by atoms with van der Waals surface area (Å²) >= 11 is 0. The first-order valence-corrected chi connectivity index (χ1v) is 5.74. The van der Waals surface area contributed by atoms with Crippen LogP contribution >= 0.6 is 0 Å². The van der Waals surface area contributed by atoms with Crippen molar-refractivity contribution in [2.75, 3.05) is 6.54 Å². The minimum Gasteiger partial charge on any atom is -0.508 e. The van der Waals surface area contributed by atoms with Gasteiger partial charge < -0.3 is 15.5 Å². The first-order valence-electron chi connectivity index (χ1n) is 5.74. The SMILES string of the molecule is CC(O)CC(C)CNCc1cccc(O)c1. The maximum Gasteiger partial charge on any atom is 0.115 e. The molecule has 90 valence electrons. The zero-order chi connectivity index (χ0) is 12.0. The number of aromatic hydroxyl groups is 1. The summed E-state index contributed by atoms with van der Waals surface area (Å²) in [4.78, 5) is 0. The van der Waals surface area contributed by atoms with Crippen molar-refractivity contribution < 1.29 is 10.2 Å². The molecule has 3 heteroatoms. The molecule has 0 aliphatic heterocycles. The molecule has 1 aromatic carbocycles. The number of phenolic OH excluding ortho intramolecular Hbond substituents is 1. The van der Waals surface area contributed by atoms with Gasteiger partial charge in [-0.1, -0.05) is 19.1 Å². The quantitative estimate of drug-likeness (QED) is 0.690. The maximum atomic E-state index is 9.28. The van der Waals surface area contributed by atoms with E-state index in [0.717, 1.165) is 25.1 Å². The van der Waals surface area contributed by atoms with Crippen LogP contribution in [0.2, 0.25) is 0 Å². The normalized spacial score (nSPS) is 14.7. The van der Waals surface area contributed by atoms with Gasteiger partial charge in [-0.3, -0.25) is 0 Å². The Labute approximate surface area is 97.1 Å². The van der Waals surface area contributed by atoms with Gasteiger partial charge in [-0.15, -0.1) is 0 Å². The van der Waals surface area contributed by atoms with Crippen LogP contribution in [0, 0.1) is 5.92 Å². The van der Waals surface area contributed by atoms with Crippen molar-refractivity contribution in [1.82, 2.24) is 5.32 Å². The lowest BCUT2D eigenvalue weighted by molar-refractivity contribution is 0.163. The molecule has 0 saturated heterocycles. The molecule has 3 N–H and O–H groups in total. The molecule has 0 bridgehead atoms. The third kappa shape index (κ3) is 5.14. The Kier molecular flexibility index (Phi) is 5.29. The third-order valence-corrected chi connectivity index (χ3v) is 2.48. The molecule has 0 fully saturated rings. The summed E-state index contributed by atoms with van der Waals surface area (Å²) in [7, 11) is 0. The highest BCUT2D eigenvalue weighted by Crippen LogP contribution is 2.11. The van der Waals surface area contributed by atoms with Crippen LogP contribution in [0.1, 0.15) is 25.8 Å². The second-order valence-corrected chi connectivity index (χ2v) is 4.49. The first kappa shape index (κ1) is 13.0. The molecule has 0 amide bonds. The number of hydrogen-bond acceptors (Lipinski definition) is 3. The van der Waals surface area contributed by atoms with E-state index in [1.54, 1.807) is 12.1 Å². The number of benzene rings is 1. The fourth-order valence-electron chi connectivity index (χ4n) is 1.79. The highest BCUT2D eigenvalue weighted by molar-refractivity contribution is 5.26. The lowest BCUT2D eigenvalue weighted by Gasteiger charge is -2.14. The predicted molar refractivity (Wildman–Crippen MR) is 65.3 cm³/mol. The van der Waals surface area contributed by atoms with Crippen LogP contribution in [0.4, 0.5) is 0 Å². The van der Waals surface area contributed by atoms with Crippen molar-refractivity contribution in [1.29, 1.82) is 0 Å². The van der Waals surface area contributed by atoms with Crippen molar-refractivity contribution in [3.63, 3.8) is 0 Å². The molecule has 0 aromatic heterocycles. The van der Waals surface area contributed by atoms with E-state index in [2.05, 4.69) is 12.2 Å². The summed E-state index contributed by atoms with van der Waals surface area (Å²) < 4.78 is 0. The van der Waals surface area contributed by atoms with Gasteiger partial charge >= 0.3 is 0 Å². The molecule has 0 aliphatic rings. The fraction of sp³-hybridized carbons (Fsp3) is 0.538. The summed E-state index contributed by atoms with van der Waals surface area (Å²) in [5.41, 5.74) is 1.07. The Hall–Kier alpha value is -1.06. The smallest absolute Gasteiger partial charge is 0.115 e. The second kappa shape index (κ2) is 6.51. The monoisotopic (exact) mass is 223 g/mol. The number of phenols is 1. The van der Waals surface area contributed by atoms with Gasteiger partial charge in [0.25, 0.3) is 0 Å². The van der Waals surface area contributed by atoms with Crippen molar-refractivity contribution in [3.8, 4) is 5.75 Å². The molecule has 0 saturated carbocycles. The summed E-state index contributed by atoms with van der Waals surface area (Å²) in [5.74, 6) is 0.758. The van der Waals surface area contributed by atoms with Gasteiger partial charge in [0.1, 0.15) is 5.75 Å². The van der Waals surface area contributed by atoms with Crippen LogP contribution in [-0.2, 0) is 6.54 Å². The van der Waals surface area contributed by atoms with Gasteiger partial charge in [-0.05, 0) is 43.5 Å². The van der Waals surface area contributed by atoms with Crippen LogP contribution in [0.15, 0.2) is 24.3 Å². The zero-order valence-electron chi connectivity index (χ0n) is 9.98. The molecule has 3 nitrogen and oxygen atoms in total. The van der Waals surface area contributed by atoms with Gasteiger partial charge in [-0.25, -0.2) is 0 Å². The number of nitrogens with one attached hydrogen (secondary N) is 1. The number of rotatable bonds is 6. The Morgan fingerprint density at radius 2 is 2.06 bits per heavy atom. The molecule has 0 heterocycles. The Balaban J connectivity index is 2.25. The van der Waals surface area contributed by atoms with Crippen LogP contribution < -0.4 is 5.32 Å². The molecular weight excluding hydrogens is 202 g/mol. The molecule has 2 atom stereocenters. The first-order chi connectivity index (χ1) is 7.58. The average molecular weight is 223 g/mol. The third-order valence-electron chi connectivity index (χ3n) is 2.48. The van der Waals surface area contributed by atoms with E-state index < -0.39 is 0 Å². The second-order valence-electron chi connectivity index (χ2n) is 4.49. The lowest BCUT2D eigenvalue weighted by atomic mass is 10.0. The zero-order valence-corrected chi connectivity index (χ0v) is 9.98. The topological polar surface area (TPSA) is 52.5 Å². The van der Waals surface area contributed by atoms with E-state index in [9.17, 15) is 10.2 Å². The highest BCUT2D eigenvalue weighted by atomic mass is 16.3. The van der Waals surface area contributed by atoms with E-state index in [1.807, 2.05) is 19.1 Å². The van der Waals surface area contributed by atoms with Gasteiger partial charge in [0.15, 0.2) is 0 Å². The maximum absolute atomic E-state index is 9.28. The van der Waals surface area contributed by atoms with Crippen molar-refractivity contribution in [2.45, 2.75) is 32.9 Å². The van der Waals surface area contributed by atoms with Crippen LogP contribution in [0.5, 0.6) is 5.75 Å². The van der Waals surface area contributed by atoms with Crippen LogP contribution in [0.3, 0.4) is 0 Å². The molecular formula is C13H21NO2. The van der Waals surface area contributed by atoms with E-state index in [4.69, 9.17) is 0 Å². The molecule has 0 spiro atoms. The van der Waals surface area contributed by atoms with Crippen LogP contribution in [-0.4, -0.2) is 22.9 Å². The lowest BCUT2D eigenvalue weighted by Crippen LogP contribution is -2.23. The standard InChI is InChI=1S/C13H21NO2/c1-10(6-11(2)15)8-14-9-12-4-3-5-13(16)7-12/h3-5,7,10-11,14-16H,6,8-9H2,1-2H3. The number of aliphatic hydroxyl groups excluding tert-OH is 1. The Morgan fingerprint density at radius 3 is 2.69 bits per heavy atom. The largest absolute Gasteiger partial charge is 0.508 e. The molecule has 0 aliphatic carbocycles. The minimum atomic E-state index is -0.238. The molecule has 1 aromatic rings.